The molecule has 2 N–H and O–H groups in total. The second-order valence-corrected chi connectivity index (χ2v) is 5.97. The number of hydrogen-bond acceptors (Lipinski definition) is 3. The summed E-state index contributed by atoms with van der Waals surface area (Å²) in [5.74, 6) is -2.80. The zero-order chi connectivity index (χ0) is 14.3. The minimum Gasteiger partial charge on any atom is -0.481 e. The first-order valence-electron chi connectivity index (χ1n) is 6.20. The average molecular weight is 385 g/mol. The minimum atomic E-state index is -0.996. The van der Waals surface area contributed by atoms with Crippen LogP contribution in [0.1, 0.15) is 0 Å². The second kappa shape index (κ2) is 5.17. The van der Waals surface area contributed by atoms with Gasteiger partial charge in [-0.3, -0.25) is 9.59 Å². The van der Waals surface area contributed by atoms with Gasteiger partial charge in [0, 0.05) is 3.57 Å². The van der Waals surface area contributed by atoms with Crippen molar-refractivity contribution < 1.29 is 19.4 Å². The van der Waals surface area contributed by atoms with Crippen molar-refractivity contribution in [2.45, 2.75) is 12.2 Å². The lowest BCUT2D eigenvalue weighted by Gasteiger charge is -2.21. The van der Waals surface area contributed by atoms with Crippen LogP contribution in [0.25, 0.3) is 0 Å². The highest BCUT2D eigenvalue weighted by Gasteiger charge is 2.53. The monoisotopic (exact) mass is 385 g/mol. The van der Waals surface area contributed by atoms with Crippen LogP contribution in [0, 0.1) is 15.4 Å². The SMILES string of the molecule is O=C(O)C1C2C=CC(O2)C1C(=O)Nc1ccccc1I. The van der Waals surface area contributed by atoms with Gasteiger partial charge in [-0.15, -0.1) is 0 Å². The first-order chi connectivity index (χ1) is 9.58. The van der Waals surface area contributed by atoms with E-state index >= 15 is 0 Å². The third-order valence-corrected chi connectivity index (χ3v) is 4.56. The zero-order valence-corrected chi connectivity index (χ0v) is 12.5. The summed E-state index contributed by atoms with van der Waals surface area (Å²) in [6, 6.07) is 7.37. The number of carboxylic acid groups (broad SMARTS) is 1. The van der Waals surface area contributed by atoms with Crippen LogP contribution in [-0.2, 0) is 14.3 Å². The number of para-hydroxylation sites is 1. The topological polar surface area (TPSA) is 75.6 Å². The van der Waals surface area contributed by atoms with Crippen molar-refractivity contribution in [3.8, 4) is 0 Å². The van der Waals surface area contributed by atoms with Crippen LogP contribution >= 0.6 is 22.6 Å². The smallest absolute Gasteiger partial charge is 0.310 e. The molecule has 2 bridgehead atoms. The number of anilines is 1. The Bertz CT molecular complexity index is 601. The Hall–Kier alpha value is -1.41. The molecule has 2 aliphatic heterocycles. The third kappa shape index (κ3) is 2.22. The first kappa shape index (κ1) is 13.6. The Morgan fingerprint density at radius 3 is 2.45 bits per heavy atom. The molecule has 1 saturated heterocycles. The van der Waals surface area contributed by atoms with Gasteiger partial charge in [-0.25, -0.2) is 0 Å². The van der Waals surface area contributed by atoms with Gasteiger partial charge in [0.25, 0.3) is 0 Å². The van der Waals surface area contributed by atoms with Gasteiger partial charge in [0.2, 0.25) is 5.91 Å². The maximum absolute atomic E-state index is 12.4. The molecule has 2 heterocycles. The third-order valence-electron chi connectivity index (χ3n) is 3.62. The maximum atomic E-state index is 12.4. The zero-order valence-electron chi connectivity index (χ0n) is 10.3. The number of carboxylic acids is 1. The van der Waals surface area contributed by atoms with E-state index in [1.807, 2.05) is 18.2 Å². The standard InChI is InChI=1S/C14H12INO4/c15-7-3-1-2-4-8(7)16-13(17)11-9-5-6-10(20-9)12(11)14(18)19/h1-6,9-12H,(H,16,17)(H,18,19). The van der Waals surface area contributed by atoms with E-state index < -0.39 is 30.0 Å². The molecule has 1 amide bonds. The summed E-state index contributed by atoms with van der Waals surface area (Å²) in [6.45, 7) is 0. The maximum Gasteiger partial charge on any atom is 0.310 e. The van der Waals surface area contributed by atoms with Gasteiger partial charge in [0.15, 0.2) is 0 Å². The molecule has 1 aromatic rings. The van der Waals surface area contributed by atoms with Crippen LogP contribution in [0.4, 0.5) is 5.69 Å². The lowest BCUT2D eigenvalue weighted by molar-refractivity contribution is -0.145. The Kier molecular flexibility index (Phi) is 3.51. The number of benzene rings is 1. The highest BCUT2D eigenvalue weighted by atomic mass is 127. The molecule has 6 heteroatoms. The molecule has 2 aliphatic rings. The van der Waals surface area contributed by atoms with Crippen molar-refractivity contribution in [1.29, 1.82) is 0 Å². The predicted octanol–water partition coefficient (Wildman–Crippen LogP) is 1.88. The number of aliphatic carboxylic acids is 1. The lowest BCUT2D eigenvalue weighted by Crippen LogP contribution is -2.39. The molecule has 5 nitrogen and oxygen atoms in total. The fourth-order valence-corrected chi connectivity index (χ4v) is 3.22. The Morgan fingerprint density at radius 1 is 1.15 bits per heavy atom. The molecule has 0 aromatic heterocycles. The molecule has 20 heavy (non-hydrogen) atoms. The quantitative estimate of drug-likeness (QED) is 0.616. The summed E-state index contributed by atoms with van der Waals surface area (Å²) in [5.41, 5.74) is 0.689. The number of hydrogen-bond donors (Lipinski definition) is 2. The van der Waals surface area contributed by atoms with Gasteiger partial charge in [-0.05, 0) is 34.7 Å². The average Bonchev–Trinajstić information content (AvgIpc) is 3.01. The first-order valence-corrected chi connectivity index (χ1v) is 7.28. The van der Waals surface area contributed by atoms with Gasteiger partial charge < -0.3 is 15.2 Å². The molecule has 0 radical (unpaired) electrons. The van der Waals surface area contributed by atoms with E-state index in [2.05, 4.69) is 27.9 Å². The van der Waals surface area contributed by atoms with Crippen LogP contribution in [0.5, 0.6) is 0 Å². The van der Waals surface area contributed by atoms with Crippen molar-refractivity contribution in [1.82, 2.24) is 0 Å². The van der Waals surface area contributed by atoms with Crippen LogP contribution in [0.15, 0.2) is 36.4 Å². The summed E-state index contributed by atoms with van der Waals surface area (Å²) < 4.78 is 6.40. The number of carbonyl (C=O) groups is 2. The number of rotatable bonds is 3. The Morgan fingerprint density at radius 2 is 1.80 bits per heavy atom. The molecular formula is C14H12INO4. The summed E-state index contributed by atoms with van der Waals surface area (Å²) in [5, 5.41) is 12.1. The van der Waals surface area contributed by atoms with Gasteiger partial charge in [-0.2, -0.15) is 0 Å². The van der Waals surface area contributed by atoms with Crippen LogP contribution in [-0.4, -0.2) is 29.2 Å². The molecule has 0 saturated carbocycles. The number of amides is 1. The van der Waals surface area contributed by atoms with E-state index in [4.69, 9.17) is 4.74 Å². The van der Waals surface area contributed by atoms with E-state index in [1.54, 1.807) is 18.2 Å². The van der Waals surface area contributed by atoms with Gasteiger partial charge >= 0.3 is 5.97 Å². The molecule has 4 atom stereocenters. The predicted molar refractivity (Wildman–Crippen MR) is 80.2 cm³/mol. The summed E-state index contributed by atoms with van der Waals surface area (Å²) >= 11 is 2.12. The van der Waals surface area contributed by atoms with E-state index in [0.29, 0.717) is 5.69 Å². The number of nitrogens with one attached hydrogen (secondary N) is 1. The van der Waals surface area contributed by atoms with Crippen molar-refractivity contribution in [2.75, 3.05) is 5.32 Å². The molecule has 4 unspecified atom stereocenters. The highest BCUT2D eigenvalue weighted by molar-refractivity contribution is 14.1. The largest absolute Gasteiger partial charge is 0.481 e. The summed E-state index contributed by atoms with van der Waals surface area (Å²) in [7, 11) is 0. The van der Waals surface area contributed by atoms with Crippen LogP contribution < -0.4 is 5.32 Å². The molecular weight excluding hydrogens is 373 g/mol. The highest BCUT2D eigenvalue weighted by Crippen LogP contribution is 2.40. The fraction of sp³-hybridized carbons (Fsp3) is 0.286. The Labute approximate surface area is 129 Å². The van der Waals surface area contributed by atoms with E-state index in [0.717, 1.165) is 3.57 Å². The van der Waals surface area contributed by atoms with Crippen molar-refractivity contribution >= 4 is 40.2 Å². The minimum absolute atomic E-state index is 0.307. The number of halogens is 1. The number of fused-ring (bicyclic) bond motifs is 2. The molecule has 3 rings (SSSR count). The van der Waals surface area contributed by atoms with E-state index in [-0.39, 0.29) is 5.91 Å². The Balaban J connectivity index is 1.82. The van der Waals surface area contributed by atoms with Crippen molar-refractivity contribution in [3.63, 3.8) is 0 Å². The summed E-state index contributed by atoms with van der Waals surface area (Å²) in [6.07, 6.45) is 2.55. The second-order valence-electron chi connectivity index (χ2n) is 4.81. The number of carbonyl (C=O) groups excluding carboxylic acids is 1. The summed E-state index contributed by atoms with van der Waals surface area (Å²) in [4.78, 5) is 23.7. The van der Waals surface area contributed by atoms with Crippen LogP contribution in [0.3, 0.4) is 0 Å². The van der Waals surface area contributed by atoms with Crippen molar-refractivity contribution in [3.05, 3.63) is 40.0 Å². The molecule has 0 aliphatic carbocycles. The molecule has 1 aromatic carbocycles. The van der Waals surface area contributed by atoms with Crippen LogP contribution in [0.2, 0.25) is 0 Å². The lowest BCUT2D eigenvalue weighted by atomic mass is 9.82. The van der Waals surface area contributed by atoms with Crippen molar-refractivity contribution in [2.24, 2.45) is 11.8 Å². The van der Waals surface area contributed by atoms with Gasteiger partial charge in [0.1, 0.15) is 5.92 Å². The van der Waals surface area contributed by atoms with Gasteiger partial charge in [0.05, 0.1) is 23.8 Å². The molecule has 1 fully saturated rings. The number of ether oxygens (including phenoxy) is 1. The fourth-order valence-electron chi connectivity index (χ4n) is 2.69. The van der Waals surface area contributed by atoms with Gasteiger partial charge in [-0.1, -0.05) is 24.3 Å². The van der Waals surface area contributed by atoms with E-state index in [9.17, 15) is 14.7 Å². The normalized spacial score (nSPS) is 30.4. The molecule has 0 spiro atoms. The van der Waals surface area contributed by atoms with E-state index in [1.165, 1.54) is 0 Å². The molecule has 104 valence electrons.